The van der Waals surface area contributed by atoms with Crippen LogP contribution in [-0.2, 0) is 11.3 Å². The molecule has 3 aromatic rings. The maximum absolute atomic E-state index is 12.7. The molecule has 2 heterocycles. The van der Waals surface area contributed by atoms with Gasteiger partial charge in [0, 0.05) is 37.9 Å². The molecule has 7 heteroatoms. The second-order valence-electron chi connectivity index (χ2n) is 8.50. The van der Waals surface area contributed by atoms with E-state index in [2.05, 4.69) is 37.4 Å². The minimum atomic E-state index is -0.00931. The number of hydrogen-bond acceptors (Lipinski definition) is 6. The number of benzene rings is 2. The highest BCUT2D eigenvalue weighted by Gasteiger charge is 2.26. The third kappa shape index (κ3) is 5.73. The monoisotopic (exact) mass is 433 g/mol. The van der Waals surface area contributed by atoms with Gasteiger partial charge in [0.15, 0.2) is 0 Å². The Morgan fingerprint density at radius 1 is 1.22 bits per heavy atom. The maximum atomic E-state index is 12.7. The van der Waals surface area contributed by atoms with Gasteiger partial charge in [0.05, 0.1) is 12.5 Å². The van der Waals surface area contributed by atoms with Gasteiger partial charge in [-0.25, -0.2) is 0 Å². The van der Waals surface area contributed by atoms with E-state index in [1.165, 1.54) is 0 Å². The summed E-state index contributed by atoms with van der Waals surface area (Å²) in [6.45, 7) is 5.66. The Hall–Kier alpha value is -3.19. The van der Waals surface area contributed by atoms with Gasteiger partial charge in [0.25, 0.3) is 0 Å². The van der Waals surface area contributed by atoms with Gasteiger partial charge in [-0.2, -0.15) is 4.98 Å². The number of carbonyl (C=O) groups excluding carboxylic acids is 1. The van der Waals surface area contributed by atoms with Crippen molar-refractivity contribution in [3.63, 3.8) is 0 Å². The SMILES string of the molecule is Cc1cccc(-c2noc(CN3CCCC(C(=O)NCCN(C)c4ccccc4)C3)n2)c1. The molecule has 0 spiro atoms. The maximum Gasteiger partial charge on any atom is 0.241 e. The van der Waals surface area contributed by atoms with Crippen molar-refractivity contribution in [2.45, 2.75) is 26.3 Å². The molecule has 1 aliphatic rings. The summed E-state index contributed by atoms with van der Waals surface area (Å²) in [5, 5.41) is 7.24. The lowest BCUT2D eigenvalue weighted by molar-refractivity contribution is -0.126. The van der Waals surface area contributed by atoms with Crippen LogP contribution in [0.5, 0.6) is 0 Å². The van der Waals surface area contributed by atoms with Crippen LogP contribution in [-0.4, -0.2) is 54.2 Å². The number of anilines is 1. The first-order valence-electron chi connectivity index (χ1n) is 11.2. The standard InChI is InChI=1S/C25H31N5O2/c1-19-8-6-9-20(16-19)24-27-23(32-28-24)18-30-14-7-10-21(17-30)25(31)26-13-15-29(2)22-11-4-3-5-12-22/h3-6,8-9,11-12,16,21H,7,10,13-15,17-18H2,1-2H3,(H,26,31). The minimum Gasteiger partial charge on any atom is -0.373 e. The molecule has 2 aromatic carbocycles. The number of aromatic nitrogens is 2. The normalized spacial score (nSPS) is 16.6. The molecule has 1 amide bonds. The molecule has 1 saturated heterocycles. The third-order valence-corrected chi connectivity index (χ3v) is 5.92. The quantitative estimate of drug-likeness (QED) is 0.586. The molecule has 1 N–H and O–H groups in total. The summed E-state index contributed by atoms with van der Waals surface area (Å²) in [6.07, 6.45) is 1.90. The van der Waals surface area contributed by atoms with Crippen LogP contribution in [0.4, 0.5) is 5.69 Å². The summed E-state index contributed by atoms with van der Waals surface area (Å²) < 4.78 is 5.48. The molecule has 1 aliphatic heterocycles. The molecule has 0 saturated carbocycles. The van der Waals surface area contributed by atoms with Crippen molar-refractivity contribution in [2.75, 3.05) is 38.1 Å². The fourth-order valence-corrected chi connectivity index (χ4v) is 4.13. The number of likely N-dealkylation sites (tertiary alicyclic amines) is 1. The highest BCUT2D eigenvalue weighted by Crippen LogP contribution is 2.21. The lowest BCUT2D eigenvalue weighted by atomic mass is 9.97. The van der Waals surface area contributed by atoms with E-state index in [9.17, 15) is 4.79 Å². The van der Waals surface area contributed by atoms with Gasteiger partial charge in [-0.05, 0) is 44.5 Å². The van der Waals surface area contributed by atoms with E-state index >= 15 is 0 Å². The number of nitrogens with one attached hydrogen (secondary N) is 1. The van der Waals surface area contributed by atoms with Crippen LogP contribution in [0.15, 0.2) is 59.1 Å². The van der Waals surface area contributed by atoms with Gasteiger partial charge < -0.3 is 14.7 Å². The lowest BCUT2D eigenvalue weighted by Gasteiger charge is -2.31. The zero-order chi connectivity index (χ0) is 22.3. The minimum absolute atomic E-state index is 0.00931. The molecule has 1 aromatic heterocycles. The van der Waals surface area contributed by atoms with Crippen LogP contribution in [0, 0.1) is 12.8 Å². The molecule has 168 valence electrons. The van der Waals surface area contributed by atoms with E-state index in [1.54, 1.807) is 0 Å². The van der Waals surface area contributed by atoms with Gasteiger partial charge in [-0.3, -0.25) is 9.69 Å². The van der Waals surface area contributed by atoms with Crippen LogP contribution in [0.3, 0.4) is 0 Å². The van der Waals surface area contributed by atoms with Crippen LogP contribution in [0.2, 0.25) is 0 Å². The molecule has 0 bridgehead atoms. The van der Waals surface area contributed by atoms with Crippen LogP contribution < -0.4 is 10.2 Å². The molecule has 1 fully saturated rings. The van der Waals surface area contributed by atoms with E-state index in [0.717, 1.165) is 42.7 Å². The number of para-hydroxylation sites is 1. The molecule has 7 nitrogen and oxygen atoms in total. The molecular weight excluding hydrogens is 402 g/mol. The number of piperidine rings is 1. The number of nitrogens with zero attached hydrogens (tertiary/aromatic N) is 4. The molecule has 0 aliphatic carbocycles. The van der Waals surface area contributed by atoms with Crippen molar-refractivity contribution in [3.05, 3.63) is 66.1 Å². The van der Waals surface area contributed by atoms with E-state index in [0.29, 0.717) is 31.3 Å². The molecule has 4 rings (SSSR count). The number of rotatable bonds is 8. The van der Waals surface area contributed by atoms with Crippen LogP contribution in [0.1, 0.15) is 24.3 Å². The molecule has 0 radical (unpaired) electrons. The zero-order valence-electron chi connectivity index (χ0n) is 18.8. The Morgan fingerprint density at radius 3 is 2.88 bits per heavy atom. The zero-order valence-corrected chi connectivity index (χ0v) is 18.8. The number of amides is 1. The summed E-state index contributed by atoms with van der Waals surface area (Å²) in [5.74, 6) is 1.32. The fraction of sp³-hybridized carbons (Fsp3) is 0.400. The largest absolute Gasteiger partial charge is 0.373 e. The van der Waals surface area contributed by atoms with Crippen LogP contribution >= 0.6 is 0 Å². The molecule has 32 heavy (non-hydrogen) atoms. The van der Waals surface area contributed by atoms with Crippen molar-refractivity contribution in [1.82, 2.24) is 20.4 Å². The summed E-state index contributed by atoms with van der Waals surface area (Å²) in [5.41, 5.74) is 3.26. The first-order valence-corrected chi connectivity index (χ1v) is 11.2. The van der Waals surface area contributed by atoms with Crippen molar-refractivity contribution >= 4 is 11.6 Å². The van der Waals surface area contributed by atoms with E-state index < -0.39 is 0 Å². The lowest BCUT2D eigenvalue weighted by Crippen LogP contribution is -2.44. The number of carbonyl (C=O) groups is 1. The summed E-state index contributed by atoms with van der Waals surface area (Å²) in [6, 6.07) is 18.3. The van der Waals surface area contributed by atoms with Crippen molar-refractivity contribution in [1.29, 1.82) is 0 Å². The topological polar surface area (TPSA) is 74.5 Å². The average Bonchev–Trinajstić information content (AvgIpc) is 3.28. The highest BCUT2D eigenvalue weighted by molar-refractivity contribution is 5.79. The second-order valence-corrected chi connectivity index (χ2v) is 8.50. The molecule has 1 atom stereocenters. The first-order chi connectivity index (χ1) is 15.6. The van der Waals surface area contributed by atoms with Crippen molar-refractivity contribution in [3.8, 4) is 11.4 Å². The third-order valence-electron chi connectivity index (χ3n) is 5.92. The van der Waals surface area contributed by atoms with Crippen molar-refractivity contribution < 1.29 is 9.32 Å². The van der Waals surface area contributed by atoms with Gasteiger partial charge in [-0.15, -0.1) is 0 Å². The van der Waals surface area contributed by atoms with Gasteiger partial charge in [0.2, 0.25) is 17.6 Å². The number of likely N-dealkylation sites (N-methyl/N-ethyl adjacent to an activating group) is 1. The van der Waals surface area contributed by atoms with Gasteiger partial charge in [0.1, 0.15) is 0 Å². The molecule has 1 unspecified atom stereocenters. The summed E-state index contributed by atoms with van der Waals surface area (Å²) in [4.78, 5) is 21.7. The van der Waals surface area contributed by atoms with Crippen LogP contribution in [0.25, 0.3) is 11.4 Å². The smallest absolute Gasteiger partial charge is 0.241 e. The van der Waals surface area contributed by atoms with E-state index in [-0.39, 0.29) is 11.8 Å². The van der Waals surface area contributed by atoms with Gasteiger partial charge >= 0.3 is 0 Å². The Labute approximate surface area is 189 Å². The molecular formula is C25H31N5O2. The number of hydrogen-bond donors (Lipinski definition) is 1. The second kappa shape index (κ2) is 10.4. The summed E-state index contributed by atoms with van der Waals surface area (Å²) >= 11 is 0. The average molecular weight is 434 g/mol. The Bertz CT molecular complexity index is 1020. The predicted octanol–water partition coefficient (Wildman–Crippen LogP) is 3.51. The predicted molar refractivity (Wildman–Crippen MR) is 125 cm³/mol. The highest BCUT2D eigenvalue weighted by atomic mass is 16.5. The van der Waals surface area contributed by atoms with Gasteiger partial charge in [-0.1, -0.05) is 47.1 Å². The fourth-order valence-electron chi connectivity index (χ4n) is 4.13. The Balaban J connectivity index is 1.25. The van der Waals surface area contributed by atoms with E-state index in [4.69, 9.17) is 4.52 Å². The van der Waals surface area contributed by atoms with Crippen molar-refractivity contribution in [2.24, 2.45) is 5.92 Å². The number of aryl methyl sites for hydroxylation is 1. The first kappa shape index (κ1) is 22.0. The Morgan fingerprint density at radius 2 is 2.06 bits per heavy atom. The van der Waals surface area contributed by atoms with E-state index in [1.807, 2.05) is 56.4 Å². The summed E-state index contributed by atoms with van der Waals surface area (Å²) in [7, 11) is 2.04. The Kier molecular flexibility index (Phi) is 7.17.